The Balaban J connectivity index is 2.47. The highest BCUT2D eigenvalue weighted by Gasteiger charge is 2.10. The molecule has 0 spiro atoms. The number of ether oxygens (including phenoxy) is 1. The fourth-order valence-electron chi connectivity index (χ4n) is 1.84. The molecule has 0 atom stereocenters. The van der Waals surface area contributed by atoms with Crippen molar-refractivity contribution in [1.82, 2.24) is 5.32 Å². The van der Waals surface area contributed by atoms with Crippen molar-refractivity contribution in [2.75, 3.05) is 30.7 Å². The topological polar surface area (TPSA) is 67.4 Å². The summed E-state index contributed by atoms with van der Waals surface area (Å²) in [6.07, 6.45) is 1.51. The van der Waals surface area contributed by atoms with Crippen LogP contribution in [0.1, 0.15) is 25.3 Å². The number of hydrogen-bond acceptors (Lipinski definition) is 4. The number of sulfonamides is 1. The van der Waals surface area contributed by atoms with Gasteiger partial charge in [-0.05, 0) is 43.6 Å². The van der Waals surface area contributed by atoms with Crippen LogP contribution >= 0.6 is 0 Å². The third-order valence-electron chi connectivity index (χ3n) is 2.78. The van der Waals surface area contributed by atoms with Gasteiger partial charge in [-0.15, -0.1) is 0 Å². The number of rotatable bonds is 10. The van der Waals surface area contributed by atoms with Gasteiger partial charge in [0.05, 0.1) is 12.4 Å². The van der Waals surface area contributed by atoms with Gasteiger partial charge in [0.1, 0.15) is 0 Å². The lowest BCUT2D eigenvalue weighted by Crippen LogP contribution is -2.19. The van der Waals surface area contributed by atoms with Gasteiger partial charge < -0.3 is 10.1 Å². The lowest BCUT2D eigenvalue weighted by Gasteiger charge is -2.09. The Labute approximate surface area is 121 Å². The third kappa shape index (κ3) is 6.88. The molecule has 1 aromatic rings. The number of unbranched alkanes of at least 4 members (excludes halogenated alkanes) is 1. The van der Waals surface area contributed by atoms with Crippen LogP contribution in [0.2, 0.25) is 0 Å². The Hall–Kier alpha value is -1.11. The van der Waals surface area contributed by atoms with E-state index in [1.807, 2.05) is 19.1 Å². The molecular weight excluding hydrogens is 276 g/mol. The molecule has 1 aromatic carbocycles. The van der Waals surface area contributed by atoms with E-state index in [0.29, 0.717) is 18.7 Å². The van der Waals surface area contributed by atoms with Crippen molar-refractivity contribution in [1.29, 1.82) is 0 Å². The second-order valence-corrected chi connectivity index (χ2v) is 6.46. The van der Waals surface area contributed by atoms with E-state index < -0.39 is 10.0 Å². The second-order valence-electron chi connectivity index (χ2n) is 4.61. The molecule has 0 aliphatic rings. The first-order valence-corrected chi connectivity index (χ1v) is 8.51. The molecule has 0 bridgehead atoms. The minimum atomic E-state index is -3.27. The Morgan fingerprint density at radius 1 is 1.25 bits per heavy atom. The molecule has 5 nitrogen and oxygen atoms in total. The number of methoxy groups -OCH3 is 1. The highest BCUT2D eigenvalue weighted by Crippen LogP contribution is 2.13. The van der Waals surface area contributed by atoms with E-state index >= 15 is 0 Å². The molecule has 0 saturated carbocycles. The van der Waals surface area contributed by atoms with Crippen LogP contribution in [0.4, 0.5) is 5.69 Å². The predicted octanol–water partition coefficient (Wildman–Crippen LogP) is 1.96. The molecule has 0 unspecified atom stereocenters. The summed E-state index contributed by atoms with van der Waals surface area (Å²) in [5.74, 6) is 0.146. The standard InChI is InChI=1S/C14H24N2O3S/c1-3-15-9-4-5-10-20(17,18)16-14-8-6-7-13(11-14)12-19-2/h6-8,11,15-16H,3-5,9-10,12H2,1-2H3. The molecular formula is C14H24N2O3S. The molecule has 0 fully saturated rings. The molecule has 20 heavy (non-hydrogen) atoms. The van der Waals surface area contributed by atoms with Crippen LogP contribution < -0.4 is 10.0 Å². The van der Waals surface area contributed by atoms with Gasteiger partial charge >= 0.3 is 0 Å². The fourth-order valence-corrected chi connectivity index (χ4v) is 3.01. The number of nitrogens with one attached hydrogen (secondary N) is 2. The predicted molar refractivity (Wildman–Crippen MR) is 82.3 cm³/mol. The van der Waals surface area contributed by atoms with E-state index in [4.69, 9.17) is 4.74 Å². The van der Waals surface area contributed by atoms with Crippen LogP contribution in [0.3, 0.4) is 0 Å². The molecule has 0 saturated heterocycles. The van der Waals surface area contributed by atoms with Crippen LogP contribution in [-0.2, 0) is 21.4 Å². The molecule has 0 heterocycles. The summed E-state index contributed by atoms with van der Waals surface area (Å²) in [6, 6.07) is 7.25. The van der Waals surface area contributed by atoms with Crippen molar-refractivity contribution in [2.24, 2.45) is 0 Å². The molecule has 2 N–H and O–H groups in total. The molecule has 6 heteroatoms. The van der Waals surface area contributed by atoms with Crippen LogP contribution in [0, 0.1) is 0 Å². The van der Waals surface area contributed by atoms with Crippen molar-refractivity contribution in [3.8, 4) is 0 Å². The van der Waals surface area contributed by atoms with E-state index in [1.54, 1.807) is 19.2 Å². The van der Waals surface area contributed by atoms with Gasteiger partial charge in [0.15, 0.2) is 0 Å². The molecule has 0 aromatic heterocycles. The summed E-state index contributed by atoms with van der Waals surface area (Å²) in [5, 5.41) is 3.18. The Kier molecular flexibility index (Phi) is 7.58. The zero-order chi connectivity index (χ0) is 14.8. The Bertz CT molecular complexity index is 489. The maximum atomic E-state index is 11.9. The molecule has 0 aliphatic carbocycles. The summed E-state index contributed by atoms with van der Waals surface area (Å²) in [7, 11) is -1.66. The maximum absolute atomic E-state index is 11.9. The summed E-state index contributed by atoms with van der Waals surface area (Å²) < 4.78 is 31.5. The van der Waals surface area contributed by atoms with Gasteiger partial charge in [0.2, 0.25) is 10.0 Å². The van der Waals surface area contributed by atoms with Crippen LogP contribution in [0.15, 0.2) is 24.3 Å². The second kappa shape index (κ2) is 8.94. The summed E-state index contributed by atoms with van der Waals surface area (Å²) in [4.78, 5) is 0. The first-order chi connectivity index (χ1) is 9.57. The summed E-state index contributed by atoms with van der Waals surface area (Å²) in [5.41, 5.74) is 1.53. The van der Waals surface area contributed by atoms with Gasteiger partial charge in [-0.3, -0.25) is 4.72 Å². The lowest BCUT2D eigenvalue weighted by molar-refractivity contribution is 0.185. The fraction of sp³-hybridized carbons (Fsp3) is 0.571. The van der Waals surface area contributed by atoms with E-state index in [9.17, 15) is 8.42 Å². The van der Waals surface area contributed by atoms with Gasteiger partial charge in [0.25, 0.3) is 0 Å². The average molecular weight is 300 g/mol. The zero-order valence-corrected chi connectivity index (χ0v) is 13.0. The normalized spacial score (nSPS) is 11.5. The van der Waals surface area contributed by atoms with Gasteiger partial charge in [0, 0.05) is 12.8 Å². The number of anilines is 1. The minimum Gasteiger partial charge on any atom is -0.380 e. The van der Waals surface area contributed by atoms with E-state index in [-0.39, 0.29) is 5.75 Å². The largest absolute Gasteiger partial charge is 0.380 e. The van der Waals surface area contributed by atoms with Crippen LogP contribution in [0.25, 0.3) is 0 Å². The minimum absolute atomic E-state index is 0.146. The highest BCUT2D eigenvalue weighted by molar-refractivity contribution is 7.92. The smallest absolute Gasteiger partial charge is 0.232 e. The van der Waals surface area contributed by atoms with Crippen molar-refractivity contribution in [3.63, 3.8) is 0 Å². The molecule has 0 radical (unpaired) electrons. The van der Waals surface area contributed by atoms with Crippen LogP contribution in [0.5, 0.6) is 0 Å². The highest BCUT2D eigenvalue weighted by atomic mass is 32.2. The molecule has 0 aliphatic heterocycles. The van der Waals surface area contributed by atoms with E-state index in [0.717, 1.165) is 25.1 Å². The van der Waals surface area contributed by atoms with Crippen molar-refractivity contribution < 1.29 is 13.2 Å². The Morgan fingerprint density at radius 2 is 2.05 bits per heavy atom. The first-order valence-electron chi connectivity index (χ1n) is 6.86. The molecule has 0 amide bonds. The average Bonchev–Trinajstić information content (AvgIpc) is 2.38. The van der Waals surface area contributed by atoms with Crippen LogP contribution in [-0.4, -0.2) is 34.4 Å². The number of hydrogen-bond donors (Lipinski definition) is 2. The molecule has 1 rings (SSSR count). The summed E-state index contributed by atoms with van der Waals surface area (Å²) in [6.45, 7) is 4.27. The lowest BCUT2D eigenvalue weighted by atomic mass is 10.2. The first kappa shape index (κ1) is 16.9. The van der Waals surface area contributed by atoms with Gasteiger partial charge in [-0.1, -0.05) is 19.1 Å². The maximum Gasteiger partial charge on any atom is 0.232 e. The third-order valence-corrected chi connectivity index (χ3v) is 4.15. The monoisotopic (exact) mass is 300 g/mol. The van der Waals surface area contributed by atoms with E-state index in [1.165, 1.54) is 0 Å². The molecule has 114 valence electrons. The summed E-state index contributed by atoms with van der Waals surface area (Å²) >= 11 is 0. The number of benzene rings is 1. The van der Waals surface area contributed by atoms with Crippen molar-refractivity contribution in [2.45, 2.75) is 26.4 Å². The Morgan fingerprint density at radius 3 is 2.75 bits per heavy atom. The van der Waals surface area contributed by atoms with Gasteiger partial charge in [-0.25, -0.2) is 8.42 Å². The SMILES string of the molecule is CCNCCCCS(=O)(=O)Nc1cccc(COC)c1. The van der Waals surface area contributed by atoms with Crippen molar-refractivity contribution >= 4 is 15.7 Å². The zero-order valence-electron chi connectivity index (χ0n) is 12.2. The van der Waals surface area contributed by atoms with Crippen molar-refractivity contribution in [3.05, 3.63) is 29.8 Å². The van der Waals surface area contributed by atoms with E-state index in [2.05, 4.69) is 10.0 Å². The van der Waals surface area contributed by atoms with Gasteiger partial charge in [-0.2, -0.15) is 0 Å². The quantitative estimate of drug-likeness (QED) is 0.648.